The van der Waals surface area contributed by atoms with E-state index in [2.05, 4.69) is 41.2 Å². The van der Waals surface area contributed by atoms with Crippen LogP contribution in [0.4, 0.5) is 0 Å². The van der Waals surface area contributed by atoms with Gasteiger partial charge in [-0.25, -0.2) is 4.98 Å². The monoisotopic (exact) mass is 310 g/mol. The number of nitrogens with zero attached hydrogens (tertiary/aromatic N) is 3. The highest BCUT2D eigenvalue weighted by molar-refractivity contribution is 6.29. The van der Waals surface area contributed by atoms with E-state index in [9.17, 15) is 4.79 Å². The molecule has 6 heteroatoms. The number of aromatic nitrogens is 2. The maximum absolute atomic E-state index is 12.2. The number of amides is 1. The van der Waals surface area contributed by atoms with Crippen LogP contribution in [0.5, 0.6) is 0 Å². The number of carbonyl (C=O) groups is 1. The first kappa shape index (κ1) is 16.2. The lowest BCUT2D eigenvalue weighted by atomic mass is 9.75. The van der Waals surface area contributed by atoms with Crippen molar-refractivity contribution in [3.8, 4) is 0 Å². The Bertz CT molecular complexity index is 508. The lowest BCUT2D eigenvalue weighted by Gasteiger charge is -2.45. The normalized spacial score (nSPS) is 25.9. The van der Waals surface area contributed by atoms with Crippen LogP contribution in [0.1, 0.15) is 43.1 Å². The Labute approximate surface area is 131 Å². The van der Waals surface area contributed by atoms with Gasteiger partial charge in [-0.15, -0.1) is 0 Å². The molecule has 0 spiro atoms. The molecule has 1 amide bonds. The maximum atomic E-state index is 12.2. The molecular weight excluding hydrogens is 288 g/mol. The summed E-state index contributed by atoms with van der Waals surface area (Å²) < 4.78 is 0. The molecule has 1 aromatic heterocycles. The number of rotatable bonds is 4. The lowest BCUT2D eigenvalue weighted by molar-refractivity contribution is 0.0673. The van der Waals surface area contributed by atoms with Crippen molar-refractivity contribution >= 4 is 17.5 Å². The van der Waals surface area contributed by atoms with Crippen molar-refractivity contribution in [1.29, 1.82) is 0 Å². The Hall–Kier alpha value is -1.20. The first-order valence-electron chi connectivity index (χ1n) is 7.36. The molecule has 2 unspecified atom stereocenters. The summed E-state index contributed by atoms with van der Waals surface area (Å²) in [6, 6.07) is 0. The molecule has 2 atom stereocenters. The SMILES string of the molecule is CC1CCCC(CNC(=O)c2cncc(Cl)n2)(N(C)C)C1. The van der Waals surface area contributed by atoms with Crippen molar-refractivity contribution in [2.24, 2.45) is 5.92 Å². The fourth-order valence-electron chi connectivity index (χ4n) is 3.14. The predicted molar refractivity (Wildman–Crippen MR) is 83.4 cm³/mol. The first-order valence-corrected chi connectivity index (χ1v) is 7.74. The molecule has 5 nitrogen and oxygen atoms in total. The van der Waals surface area contributed by atoms with Crippen LogP contribution in [-0.4, -0.2) is 47.0 Å². The zero-order chi connectivity index (χ0) is 15.5. The van der Waals surface area contributed by atoms with Crippen molar-refractivity contribution in [3.63, 3.8) is 0 Å². The first-order chi connectivity index (χ1) is 9.93. The quantitative estimate of drug-likeness (QED) is 0.927. The number of nitrogens with one attached hydrogen (secondary N) is 1. The fourth-order valence-corrected chi connectivity index (χ4v) is 3.29. The summed E-state index contributed by atoms with van der Waals surface area (Å²) in [7, 11) is 4.17. The van der Waals surface area contributed by atoms with Crippen molar-refractivity contribution in [2.45, 2.75) is 38.1 Å². The van der Waals surface area contributed by atoms with Gasteiger partial charge in [0.1, 0.15) is 10.8 Å². The van der Waals surface area contributed by atoms with Crippen LogP contribution < -0.4 is 5.32 Å². The van der Waals surface area contributed by atoms with Crippen molar-refractivity contribution in [3.05, 3.63) is 23.2 Å². The number of hydrogen-bond donors (Lipinski definition) is 1. The van der Waals surface area contributed by atoms with Gasteiger partial charge in [-0.05, 0) is 32.9 Å². The van der Waals surface area contributed by atoms with E-state index < -0.39 is 0 Å². The minimum atomic E-state index is -0.218. The molecule has 0 bridgehead atoms. The van der Waals surface area contributed by atoms with Gasteiger partial charge in [-0.3, -0.25) is 9.78 Å². The second-order valence-corrected chi connectivity index (χ2v) is 6.62. The molecule has 1 aliphatic carbocycles. The van der Waals surface area contributed by atoms with Gasteiger partial charge in [0.2, 0.25) is 0 Å². The third-order valence-corrected chi connectivity index (χ3v) is 4.61. The molecule has 1 N–H and O–H groups in total. The highest BCUT2D eigenvalue weighted by Crippen LogP contribution is 2.35. The molecule has 2 rings (SSSR count). The summed E-state index contributed by atoms with van der Waals surface area (Å²) in [6.07, 6.45) is 7.53. The third kappa shape index (κ3) is 3.92. The Morgan fingerprint density at radius 3 is 2.90 bits per heavy atom. The molecule has 21 heavy (non-hydrogen) atoms. The number of halogens is 1. The Morgan fingerprint density at radius 1 is 1.52 bits per heavy atom. The minimum Gasteiger partial charge on any atom is -0.349 e. The van der Waals surface area contributed by atoms with E-state index >= 15 is 0 Å². The number of carbonyl (C=O) groups excluding carboxylic acids is 1. The summed E-state index contributed by atoms with van der Waals surface area (Å²) in [6.45, 7) is 2.90. The highest BCUT2D eigenvalue weighted by atomic mass is 35.5. The minimum absolute atomic E-state index is 0.0271. The Balaban J connectivity index is 2.03. The van der Waals surface area contributed by atoms with Crippen LogP contribution in [0, 0.1) is 5.92 Å². The summed E-state index contributed by atoms with van der Waals surface area (Å²) in [5, 5.41) is 3.23. The molecule has 0 saturated heterocycles. The molecule has 0 aliphatic heterocycles. The van der Waals surface area contributed by atoms with Gasteiger partial charge in [0.25, 0.3) is 5.91 Å². The van der Waals surface area contributed by atoms with Crippen molar-refractivity contribution in [2.75, 3.05) is 20.6 Å². The van der Waals surface area contributed by atoms with E-state index in [1.807, 2.05) is 0 Å². The van der Waals surface area contributed by atoms with Gasteiger partial charge in [-0.2, -0.15) is 0 Å². The molecule has 1 aromatic rings. The van der Waals surface area contributed by atoms with Gasteiger partial charge in [0.05, 0.1) is 12.4 Å². The topological polar surface area (TPSA) is 58.1 Å². The fraction of sp³-hybridized carbons (Fsp3) is 0.667. The second-order valence-electron chi connectivity index (χ2n) is 6.23. The van der Waals surface area contributed by atoms with Gasteiger partial charge in [-0.1, -0.05) is 31.4 Å². The average molecular weight is 311 g/mol. The number of likely N-dealkylation sites (N-methyl/N-ethyl adjacent to an activating group) is 1. The van der Waals surface area contributed by atoms with E-state index in [4.69, 9.17) is 11.6 Å². The van der Waals surface area contributed by atoms with Crippen molar-refractivity contribution < 1.29 is 4.79 Å². The van der Waals surface area contributed by atoms with Gasteiger partial charge in [0.15, 0.2) is 0 Å². The van der Waals surface area contributed by atoms with Crippen LogP contribution >= 0.6 is 11.6 Å². The standard InChI is InChI=1S/C15H23ClN4O/c1-11-5-4-6-15(7-11,20(2)3)10-18-14(21)12-8-17-9-13(16)19-12/h8-9,11H,4-7,10H2,1-3H3,(H,18,21). The average Bonchev–Trinajstić information content (AvgIpc) is 2.44. The summed E-state index contributed by atoms with van der Waals surface area (Å²) in [5.41, 5.74) is 0.291. The number of hydrogen-bond acceptors (Lipinski definition) is 4. The summed E-state index contributed by atoms with van der Waals surface area (Å²) >= 11 is 5.77. The molecule has 0 radical (unpaired) electrons. The molecule has 0 aromatic carbocycles. The van der Waals surface area contributed by atoms with Gasteiger partial charge in [0, 0.05) is 12.1 Å². The summed E-state index contributed by atoms with van der Waals surface area (Å²) in [5.74, 6) is 0.466. The van der Waals surface area contributed by atoms with Gasteiger partial charge >= 0.3 is 0 Å². The summed E-state index contributed by atoms with van der Waals surface area (Å²) in [4.78, 5) is 22.3. The van der Waals surface area contributed by atoms with E-state index in [-0.39, 0.29) is 22.3 Å². The molecule has 1 saturated carbocycles. The van der Waals surface area contributed by atoms with Crippen molar-refractivity contribution in [1.82, 2.24) is 20.2 Å². The molecule has 1 fully saturated rings. The lowest BCUT2D eigenvalue weighted by Crippen LogP contribution is -2.55. The van der Waals surface area contributed by atoms with E-state index in [1.54, 1.807) is 0 Å². The van der Waals surface area contributed by atoms with E-state index in [0.717, 1.165) is 12.8 Å². The third-order valence-electron chi connectivity index (χ3n) is 4.43. The van der Waals surface area contributed by atoms with Crippen LogP contribution in [0.25, 0.3) is 0 Å². The Morgan fingerprint density at radius 2 is 2.29 bits per heavy atom. The predicted octanol–water partition coefficient (Wildman–Crippen LogP) is 2.37. The largest absolute Gasteiger partial charge is 0.349 e. The zero-order valence-corrected chi connectivity index (χ0v) is 13.7. The van der Waals surface area contributed by atoms with Crippen LogP contribution in [0.15, 0.2) is 12.4 Å². The van der Waals surface area contributed by atoms with E-state index in [0.29, 0.717) is 12.5 Å². The van der Waals surface area contributed by atoms with Crippen LogP contribution in [0.2, 0.25) is 5.15 Å². The maximum Gasteiger partial charge on any atom is 0.271 e. The molecule has 1 heterocycles. The molecular formula is C15H23ClN4O. The van der Waals surface area contributed by atoms with Crippen LogP contribution in [0.3, 0.4) is 0 Å². The smallest absolute Gasteiger partial charge is 0.271 e. The second kappa shape index (κ2) is 6.71. The zero-order valence-electron chi connectivity index (χ0n) is 12.9. The molecule has 116 valence electrons. The van der Waals surface area contributed by atoms with E-state index in [1.165, 1.54) is 25.2 Å². The molecule has 1 aliphatic rings. The highest BCUT2D eigenvalue weighted by Gasteiger charge is 2.37. The van der Waals surface area contributed by atoms with Crippen LogP contribution in [-0.2, 0) is 0 Å². The Kier molecular flexibility index (Phi) is 5.17. The van der Waals surface area contributed by atoms with Gasteiger partial charge < -0.3 is 10.2 Å².